The summed E-state index contributed by atoms with van der Waals surface area (Å²) in [6, 6.07) is 8.32. The third-order valence-corrected chi connectivity index (χ3v) is 9.85. The van der Waals surface area contributed by atoms with Crippen molar-refractivity contribution in [1.82, 2.24) is 0 Å². The second-order valence-electron chi connectivity index (χ2n) is 11.9. The SMILES string of the molecule is CCCC[C@H]1CC[C@H](C2CCC(CC[C@H]3CC[C@H](c4ccc(CF)cc4)CC3)CC2)CC1. The van der Waals surface area contributed by atoms with Crippen LogP contribution >= 0.6 is 0 Å². The first-order valence-corrected chi connectivity index (χ1v) is 14.4. The third kappa shape index (κ3) is 6.83. The summed E-state index contributed by atoms with van der Waals surface area (Å²) in [5.74, 6) is 5.91. The topological polar surface area (TPSA) is 0 Å². The molecule has 0 aliphatic heterocycles. The van der Waals surface area contributed by atoms with E-state index in [-0.39, 0.29) is 6.67 Å². The Bertz CT molecular complexity index is 625. The Morgan fingerprint density at radius 2 is 1.09 bits per heavy atom. The normalized spacial score (nSPS) is 33.8. The highest BCUT2D eigenvalue weighted by atomic mass is 19.1. The van der Waals surface area contributed by atoms with E-state index >= 15 is 0 Å². The summed E-state index contributed by atoms with van der Waals surface area (Å²) in [7, 11) is 0. The van der Waals surface area contributed by atoms with Crippen LogP contribution in [0, 0.1) is 29.6 Å². The van der Waals surface area contributed by atoms with Crippen LogP contribution in [0.3, 0.4) is 0 Å². The van der Waals surface area contributed by atoms with Crippen LogP contribution in [0.25, 0.3) is 0 Å². The second-order valence-corrected chi connectivity index (χ2v) is 11.9. The van der Waals surface area contributed by atoms with Crippen LogP contribution in [-0.4, -0.2) is 0 Å². The molecule has 0 unspecified atom stereocenters. The molecule has 0 atom stereocenters. The number of unbranched alkanes of at least 4 members (excludes halogenated alkanes) is 1. The Balaban J connectivity index is 1.10. The van der Waals surface area contributed by atoms with Gasteiger partial charge in [-0.1, -0.05) is 89.0 Å². The first-order valence-electron chi connectivity index (χ1n) is 14.4. The van der Waals surface area contributed by atoms with Crippen molar-refractivity contribution in [3.8, 4) is 0 Å². The van der Waals surface area contributed by atoms with Gasteiger partial charge in [0.2, 0.25) is 0 Å². The Hall–Kier alpha value is -0.850. The Morgan fingerprint density at radius 3 is 1.56 bits per heavy atom. The van der Waals surface area contributed by atoms with E-state index in [9.17, 15) is 4.39 Å². The maximum absolute atomic E-state index is 12.8. The van der Waals surface area contributed by atoms with Gasteiger partial charge < -0.3 is 0 Å². The van der Waals surface area contributed by atoms with E-state index < -0.39 is 0 Å². The molecule has 0 N–H and O–H groups in total. The average molecular weight is 441 g/mol. The van der Waals surface area contributed by atoms with Crippen molar-refractivity contribution in [1.29, 1.82) is 0 Å². The molecular weight excluding hydrogens is 391 g/mol. The van der Waals surface area contributed by atoms with Crippen molar-refractivity contribution in [3.63, 3.8) is 0 Å². The van der Waals surface area contributed by atoms with Crippen LogP contribution in [0.15, 0.2) is 24.3 Å². The quantitative estimate of drug-likeness (QED) is 0.358. The van der Waals surface area contributed by atoms with E-state index in [0.29, 0.717) is 5.92 Å². The maximum Gasteiger partial charge on any atom is 0.115 e. The number of alkyl halides is 1. The van der Waals surface area contributed by atoms with Gasteiger partial charge in [-0.05, 0) is 98.0 Å². The number of hydrogen-bond donors (Lipinski definition) is 0. The molecule has 0 aromatic heterocycles. The second kappa shape index (κ2) is 12.6. The third-order valence-electron chi connectivity index (χ3n) is 9.85. The van der Waals surface area contributed by atoms with Gasteiger partial charge in [-0.2, -0.15) is 0 Å². The van der Waals surface area contributed by atoms with Crippen molar-refractivity contribution >= 4 is 0 Å². The fourth-order valence-electron chi connectivity index (χ4n) is 7.52. The van der Waals surface area contributed by atoms with E-state index in [1.54, 1.807) is 12.8 Å². The standard InChI is InChI=1S/C31H49F/c1-2-3-4-24-7-15-28(16-8-24)29-17-9-25(10-18-29)5-6-26-11-19-30(20-12-26)31-21-13-27(23-32)14-22-31/h13-14,21-22,24-26,28-30H,2-12,15-20,23H2,1H3/t24-,25?,26-,28-,29?,30-. The van der Waals surface area contributed by atoms with E-state index in [0.717, 1.165) is 35.2 Å². The summed E-state index contributed by atoms with van der Waals surface area (Å²) in [6.45, 7) is 2.00. The fourth-order valence-corrected chi connectivity index (χ4v) is 7.52. The maximum atomic E-state index is 12.8. The Morgan fingerprint density at radius 1 is 0.625 bits per heavy atom. The highest BCUT2D eigenvalue weighted by molar-refractivity contribution is 5.25. The van der Waals surface area contributed by atoms with Gasteiger partial charge >= 0.3 is 0 Å². The molecule has 1 aromatic rings. The number of rotatable bonds is 9. The molecule has 4 rings (SSSR count). The van der Waals surface area contributed by atoms with Gasteiger partial charge in [0.15, 0.2) is 0 Å². The van der Waals surface area contributed by atoms with Crippen LogP contribution in [0.2, 0.25) is 0 Å². The molecule has 3 saturated carbocycles. The van der Waals surface area contributed by atoms with Crippen LogP contribution in [-0.2, 0) is 6.67 Å². The van der Waals surface area contributed by atoms with Crippen molar-refractivity contribution in [2.45, 2.75) is 129 Å². The summed E-state index contributed by atoms with van der Waals surface area (Å²) in [4.78, 5) is 0. The smallest absolute Gasteiger partial charge is 0.115 e. The summed E-state index contributed by atoms with van der Waals surface area (Å²) in [6.07, 6.45) is 25.1. The number of hydrogen-bond acceptors (Lipinski definition) is 0. The minimum Gasteiger partial charge on any atom is -0.246 e. The zero-order valence-corrected chi connectivity index (χ0v) is 20.9. The highest BCUT2D eigenvalue weighted by Crippen LogP contribution is 2.44. The van der Waals surface area contributed by atoms with Crippen molar-refractivity contribution in [3.05, 3.63) is 35.4 Å². The zero-order valence-electron chi connectivity index (χ0n) is 20.9. The van der Waals surface area contributed by atoms with Crippen molar-refractivity contribution in [2.24, 2.45) is 29.6 Å². The van der Waals surface area contributed by atoms with E-state index in [4.69, 9.17) is 0 Å². The van der Waals surface area contributed by atoms with E-state index in [1.165, 1.54) is 102 Å². The van der Waals surface area contributed by atoms with Crippen LogP contribution in [0.4, 0.5) is 4.39 Å². The number of benzene rings is 1. The fraction of sp³-hybridized carbons (Fsp3) is 0.806. The lowest BCUT2D eigenvalue weighted by atomic mass is 9.68. The van der Waals surface area contributed by atoms with Gasteiger partial charge in [0.25, 0.3) is 0 Å². The summed E-state index contributed by atoms with van der Waals surface area (Å²) in [5, 5.41) is 0. The minimum absolute atomic E-state index is 0.338. The molecule has 0 radical (unpaired) electrons. The zero-order chi connectivity index (χ0) is 22.2. The molecule has 0 nitrogen and oxygen atoms in total. The monoisotopic (exact) mass is 440 g/mol. The molecule has 0 amide bonds. The summed E-state index contributed by atoms with van der Waals surface area (Å²) < 4.78 is 12.8. The van der Waals surface area contributed by atoms with E-state index in [1.807, 2.05) is 12.1 Å². The molecule has 3 fully saturated rings. The molecule has 180 valence electrons. The lowest BCUT2D eigenvalue weighted by molar-refractivity contribution is 0.136. The van der Waals surface area contributed by atoms with Crippen molar-refractivity contribution in [2.75, 3.05) is 0 Å². The van der Waals surface area contributed by atoms with Crippen LogP contribution in [0.5, 0.6) is 0 Å². The van der Waals surface area contributed by atoms with Gasteiger partial charge in [-0.3, -0.25) is 0 Å². The molecule has 3 aliphatic rings. The van der Waals surface area contributed by atoms with Gasteiger partial charge in [-0.25, -0.2) is 4.39 Å². The van der Waals surface area contributed by atoms with Crippen LogP contribution in [0.1, 0.15) is 133 Å². The summed E-state index contributed by atoms with van der Waals surface area (Å²) >= 11 is 0. The molecule has 3 aliphatic carbocycles. The van der Waals surface area contributed by atoms with Gasteiger partial charge in [0.05, 0.1) is 0 Å². The molecule has 32 heavy (non-hydrogen) atoms. The molecule has 0 spiro atoms. The lowest BCUT2D eigenvalue weighted by Gasteiger charge is -2.38. The summed E-state index contributed by atoms with van der Waals surface area (Å²) in [5.41, 5.74) is 2.26. The molecule has 0 bridgehead atoms. The highest BCUT2D eigenvalue weighted by Gasteiger charge is 2.31. The molecule has 1 heteroatoms. The Labute approximate surface area is 198 Å². The number of halogens is 1. The molecule has 0 saturated heterocycles. The first-order chi connectivity index (χ1) is 15.7. The molecule has 1 aromatic carbocycles. The van der Waals surface area contributed by atoms with Crippen LogP contribution < -0.4 is 0 Å². The lowest BCUT2D eigenvalue weighted by Crippen LogP contribution is -2.26. The average Bonchev–Trinajstić information content (AvgIpc) is 2.87. The predicted octanol–water partition coefficient (Wildman–Crippen LogP) is 10.0. The molecular formula is C31H49F. The first kappa shape index (κ1) is 24.3. The predicted molar refractivity (Wildman–Crippen MR) is 136 cm³/mol. The van der Waals surface area contributed by atoms with E-state index in [2.05, 4.69) is 19.1 Å². The minimum atomic E-state index is -0.338. The van der Waals surface area contributed by atoms with Crippen molar-refractivity contribution < 1.29 is 4.39 Å². The largest absolute Gasteiger partial charge is 0.246 e. The van der Waals surface area contributed by atoms with Gasteiger partial charge in [-0.15, -0.1) is 0 Å². The molecule has 0 heterocycles. The van der Waals surface area contributed by atoms with Gasteiger partial charge in [0, 0.05) is 0 Å². The van der Waals surface area contributed by atoms with Gasteiger partial charge in [0.1, 0.15) is 6.67 Å². The Kier molecular flexibility index (Phi) is 9.54.